The van der Waals surface area contributed by atoms with Crippen LogP contribution in [0.15, 0.2) is 24.3 Å². The summed E-state index contributed by atoms with van der Waals surface area (Å²) < 4.78 is 13.4. The Balaban J connectivity index is 2.14. The first-order valence-electron chi connectivity index (χ1n) is 5.47. The molecule has 6 heteroatoms. The Morgan fingerprint density at radius 1 is 1.33 bits per heavy atom. The molecule has 0 spiro atoms. The number of amides is 1. The summed E-state index contributed by atoms with van der Waals surface area (Å²) in [5.41, 5.74) is -0.00111. The Morgan fingerprint density at radius 3 is 2.67 bits per heavy atom. The largest absolute Gasteiger partial charge is 0.296 e. The highest BCUT2D eigenvalue weighted by atomic mass is 32.1. The Labute approximate surface area is 108 Å². The molecule has 0 bridgehead atoms. The van der Waals surface area contributed by atoms with Crippen molar-refractivity contribution < 1.29 is 9.18 Å². The molecule has 1 aromatic heterocycles. The number of nitrogens with one attached hydrogen (secondary N) is 1. The molecule has 1 heterocycles. The fraction of sp³-hybridized carbons (Fsp3) is 0.250. The SMILES string of the molecule is CC(C)c1nnc(NC(=O)c2ccccc2F)s1. The molecule has 0 unspecified atom stereocenters. The average Bonchev–Trinajstić information content (AvgIpc) is 2.78. The summed E-state index contributed by atoms with van der Waals surface area (Å²) in [6.07, 6.45) is 0. The fourth-order valence-electron chi connectivity index (χ4n) is 1.33. The van der Waals surface area contributed by atoms with Crippen molar-refractivity contribution in [2.24, 2.45) is 0 Å². The summed E-state index contributed by atoms with van der Waals surface area (Å²) in [4.78, 5) is 11.8. The third kappa shape index (κ3) is 2.70. The summed E-state index contributed by atoms with van der Waals surface area (Å²) in [5, 5.41) is 11.5. The summed E-state index contributed by atoms with van der Waals surface area (Å²) in [6, 6.07) is 5.81. The minimum absolute atomic E-state index is 0.00111. The van der Waals surface area contributed by atoms with Gasteiger partial charge in [-0.15, -0.1) is 10.2 Å². The Kier molecular flexibility index (Phi) is 3.66. The van der Waals surface area contributed by atoms with Crippen molar-refractivity contribution in [2.75, 3.05) is 5.32 Å². The van der Waals surface area contributed by atoms with Gasteiger partial charge in [-0.2, -0.15) is 0 Å². The maximum atomic E-state index is 13.4. The number of nitrogens with zero attached hydrogens (tertiary/aromatic N) is 2. The zero-order valence-corrected chi connectivity index (χ0v) is 10.8. The van der Waals surface area contributed by atoms with E-state index in [0.717, 1.165) is 5.01 Å². The van der Waals surface area contributed by atoms with E-state index in [-0.39, 0.29) is 11.5 Å². The van der Waals surface area contributed by atoms with Crippen LogP contribution in [0, 0.1) is 5.82 Å². The zero-order valence-electron chi connectivity index (χ0n) is 9.98. The molecule has 0 fully saturated rings. The molecule has 0 radical (unpaired) electrons. The molecule has 2 aromatic rings. The van der Waals surface area contributed by atoms with Crippen molar-refractivity contribution in [3.8, 4) is 0 Å². The maximum absolute atomic E-state index is 13.4. The second-order valence-corrected chi connectivity index (χ2v) is 5.04. The van der Waals surface area contributed by atoms with Gasteiger partial charge in [0.05, 0.1) is 5.56 Å². The van der Waals surface area contributed by atoms with Gasteiger partial charge in [0.25, 0.3) is 5.91 Å². The van der Waals surface area contributed by atoms with E-state index in [1.165, 1.54) is 29.5 Å². The molecule has 94 valence electrons. The predicted molar refractivity (Wildman–Crippen MR) is 68.4 cm³/mol. The van der Waals surface area contributed by atoms with Crippen LogP contribution in [0.1, 0.15) is 35.1 Å². The van der Waals surface area contributed by atoms with E-state index in [1.807, 2.05) is 13.8 Å². The molecular weight excluding hydrogens is 253 g/mol. The van der Waals surface area contributed by atoms with Crippen molar-refractivity contribution >= 4 is 22.4 Å². The van der Waals surface area contributed by atoms with E-state index in [2.05, 4.69) is 15.5 Å². The second kappa shape index (κ2) is 5.22. The first-order valence-corrected chi connectivity index (χ1v) is 6.29. The molecule has 0 aliphatic heterocycles. The van der Waals surface area contributed by atoms with Crippen molar-refractivity contribution in [3.05, 3.63) is 40.7 Å². The van der Waals surface area contributed by atoms with Crippen molar-refractivity contribution in [1.29, 1.82) is 0 Å². The van der Waals surface area contributed by atoms with Gasteiger partial charge in [0, 0.05) is 5.92 Å². The molecule has 1 amide bonds. The van der Waals surface area contributed by atoms with Crippen LogP contribution < -0.4 is 5.32 Å². The molecule has 1 N–H and O–H groups in total. The van der Waals surface area contributed by atoms with Gasteiger partial charge in [-0.25, -0.2) is 4.39 Å². The molecule has 1 aromatic carbocycles. The molecule has 0 atom stereocenters. The molecular formula is C12H12FN3OS. The highest BCUT2D eigenvalue weighted by Crippen LogP contribution is 2.23. The smallest absolute Gasteiger partial charge is 0.260 e. The molecule has 18 heavy (non-hydrogen) atoms. The highest BCUT2D eigenvalue weighted by molar-refractivity contribution is 7.15. The van der Waals surface area contributed by atoms with Crippen LogP contribution in [0.5, 0.6) is 0 Å². The maximum Gasteiger partial charge on any atom is 0.260 e. The van der Waals surface area contributed by atoms with Crippen molar-refractivity contribution in [2.45, 2.75) is 19.8 Å². The number of hydrogen-bond donors (Lipinski definition) is 1. The van der Waals surface area contributed by atoms with Crippen molar-refractivity contribution in [3.63, 3.8) is 0 Å². The summed E-state index contributed by atoms with van der Waals surface area (Å²) >= 11 is 1.29. The van der Waals surface area contributed by atoms with E-state index in [0.29, 0.717) is 5.13 Å². The first kappa shape index (κ1) is 12.6. The van der Waals surface area contributed by atoms with Crippen LogP contribution in [-0.2, 0) is 0 Å². The van der Waals surface area contributed by atoms with Gasteiger partial charge in [-0.05, 0) is 12.1 Å². The van der Waals surface area contributed by atoms with Gasteiger partial charge in [0.2, 0.25) is 5.13 Å². The van der Waals surface area contributed by atoms with Gasteiger partial charge in [-0.1, -0.05) is 37.3 Å². The van der Waals surface area contributed by atoms with Crippen molar-refractivity contribution in [1.82, 2.24) is 10.2 Å². The number of aromatic nitrogens is 2. The number of benzene rings is 1. The van der Waals surface area contributed by atoms with Crippen LogP contribution in [0.2, 0.25) is 0 Å². The van der Waals surface area contributed by atoms with Crippen LogP contribution >= 0.6 is 11.3 Å². The average molecular weight is 265 g/mol. The fourth-order valence-corrected chi connectivity index (χ4v) is 2.07. The first-order chi connectivity index (χ1) is 8.58. The second-order valence-electron chi connectivity index (χ2n) is 4.03. The zero-order chi connectivity index (χ0) is 13.1. The highest BCUT2D eigenvalue weighted by Gasteiger charge is 2.14. The lowest BCUT2D eigenvalue weighted by Crippen LogP contribution is -2.13. The van der Waals surface area contributed by atoms with Gasteiger partial charge in [0.1, 0.15) is 10.8 Å². The van der Waals surface area contributed by atoms with Crippen LogP contribution in [0.25, 0.3) is 0 Å². The topological polar surface area (TPSA) is 54.9 Å². The number of carbonyl (C=O) groups is 1. The lowest BCUT2D eigenvalue weighted by molar-refractivity contribution is 0.102. The standard InChI is InChI=1S/C12H12FN3OS/c1-7(2)11-15-16-12(18-11)14-10(17)8-5-3-4-6-9(8)13/h3-7H,1-2H3,(H,14,16,17). The lowest BCUT2D eigenvalue weighted by atomic mass is 10.2. The predicted octanol–water partition coefficient (Wildman–Crippen LogP) is 3.05. The Morgan fingerprint density at radius 2 is 2.06 bits per heavy atom. The summed E-state index contributed by atoms with van der Waals surface area (Å²) in [6.45, 7) is 3.98. The normalized spacial score (nSPS) is 10.7. The number of rotatable bonds is 3. The van der Waals surface area contributed by atoms with Gasteiger partial charge in [0.15, 0.2) is 0 Å². The molecule has 0 aliphatic rings. The number of hydrogen-bond acceptors (Lipinski definition) is 4. The summed E-state index contributed by atoms with van der Waals surface area (Å²) in [7, 11) is 0. The number of carbonyl (C=O) groups excluding carboxylic acids is 1. The van der Waals surface area contributed by atoms with E-state index in [9.17, 15) is 9.18 Å². The van der Waals surface area contributed by atoms with E-state index in [4.69, 9.17) is 0 Å². The summed E-state index contributed by atoms with van der Waals surface area (Å²) in [5.74, 6) is -0.815. The van der Waals surface area contributed by atoms with Gasteiger partial charge < -0.3 is 0 Å². The van der Waals surface area contributed by atoms with E-state index in [1.54, 1.807) is 6.07 Å². The van der Waals surface area contributed by atoms with E-state index < -0.39 is 11.7 Å². The minimum Gasteiger partial charge on any atom is -0.296 e. The van der Waals surface area contributed by atoms with Gasteiger partial charge in [-0.3, -0.25) is 10.1 Å². The number of halogens is 1. The Bertz CT molecular complexity index is 568. The van der Waals surface area contributed by atoms with Crippen LogP contribution in [0.4, 0.5) is 9.52 Å². The third-order valence-corrected chi connectivity index (χ3v) is 3.41. The van der Waals surface area contributed by atoms with Gasteiger partial charge >= 0.3 is 0 Å². The monoisotopic (exact) mass is 265 g/mol. The third-order valence-electron chi connectivity index (χ3n) is 2.27. The molecule has 4 nitrogen and oxygen atoms in total. The van der Waals surface area contributed by atoms with Crippen LogP contribution in [-0.4, -0.2) is 16.1 Å². The van der Waals surface area contributed by atoms with Crippen LogP contribution in [0.3, 0.4) is 0 Å². The Hall–Kier alpha value is -1.82. The molecule has 0 aliphatic carbocycles. The molecule has 2 rings (SSSR count). The molecule has 0 saturated heterocycles. The number of anilines is 1. The molecule has 0 saturated carbocycles. The lowest BCUT2D eigenvalue weighted by Gasteiger charge is -2.01. The minimum atomic E-state index is -0.552. The quantitative estimate of drug-likeness (QED) is 0.928. The van der Waals surface area contributed by atoms with E-state index >= 15 is 0 Å².